The SMILES string of the molecule is Cc1nc(NC(=O)Nc2cccc(N)c2)sc1C. The number of aryl methyl sites for hydroxylation is 2. The molecule has 2 rings (SSSR count). The number of carbonyl (C=O) groups is 1. The van der Waals surface area contributed by atoms with Gasteiger partial charge in [-0.05, 0) is 32.0 Å². The van der Waals surface area contributed by atoms with Gasteiger partial charge in [-0.25, -0.2) is 9.78 Å². The van der Waals surface area contributed by atoms with Gasteiger partial charge in [0.15, 0.2) is 5.13 Å². The van der Waals surface area contributed by atoms with Gasteiger partial charge in [-0.3, -0.25) is 5.32 Å². The highest BCUT2D eigenvalue weighted by Crippen LogP contribution is 2.21. The van der Waals surface area contributed by atoms with Gasteiger partial charge in [0.05, 0.1) is 5.69 Å². The molecule has 0 radical (unpaired) electrons. The number of thiazole rings is 1. The van der Waals surface area contributed by atoms with E-state index in [0.29, 0.717) is 16.5 Å². The lowest BCUT2D eigenvalue weighted by atomic mass is 10.3. The number of aromatic nitrogens is 1. The van der Waals surface area contributed by atoms with Gasteiger partial charge in [0, 0.05) is 16.3 Å². The molecule has 0 unspecified atom stereocenters. The van der Waals surface area contributed by atoms with E-state index in [9.17, 15) is 4.79 Å². The number of nitrogens with zero attached hydrogens (tertiary/aromatic N) is 1. The normalized spacial score (nSPS) is 10.1. The van der Waals surface area contributed by atoms with Crippen molar-refractivity contribution in [1.82, 2.24) is 4.98 Å². The molecule has 0 aliphatic heterocycles. The van der Waals surface area contributed by atoms with Crippen molar-refractivity contribution in [3.63, 3.8) is 0 Å². The maximum atomic E-state index is 11.7. The lowest BCUT2D eigenvalue weighted by molar-refractivity contribution is 0.262. The Morgan fingerprint density at radius 2 is 2.11 bits per heavy atom. The number of amides is 2. The number of hydrogen-bond acceptors (Lipinski definition) is 4. The second-order valence-corrected chi connectivity index (χ2v) is 5.07. The van der Waals surface area contributed by atoms with Crippen LogP contribution in [0.15, 0.2) is 24.3 Å². The Morgan fingerprint density at radius 3 is 2.72 bits per heavy atom. The average molecular weight is 262 g/mol. The van der Waals surface area contributed by atoms with Gasteiger partial charge in [-0.2, -0.15) is 0 Å². The Labute approximate surface area is 109 Å². The second-order valence-electron chi connectivity index (χ2n) is 3.87. The Bertz CT molecular complexity index is 560. The molecular formula is C12H14N4OS. The number of hydrogen-bond donors (Lipinski definition) is 3. The summed E-state index contributed by atoms with van der Waals surface area (Å²) in [5.74, 6) is 0. The summed E-state index contributed by atoms with van der Waals surface area (Å²) in [6, 6.07) is 6.68. The quantitative estimate of drug-likeness (QED) is 0.728. The number of anilines is 3. The summed E-state index contributed by atoms with van der Waals surface area (Å²) >= 11 is 1.45. The number of benzene rings is 1. The minimum absolute atomic E-state index is 0.325. The fraction of sp³-hybridized carbons (Fsp3) is 0.167. The maximum Gasteiger partial charge on any atom is 0.325 e. The molecular weight excluding hydrogens is 248 g/mol. The first-order chi connectivity index (χ1) is 8.54. The van der Waals surface area contributed by atoms with Crippen LogP contribution in [0.1, 0.15) is 10.6 Å². The van der Waals surface area contributed by atoms with E-state index in [2.05, 4.69) is 15.6 Å². The molecule has 0 saturated heterocycles. The van der Waals surface area contributed by atoms with E-state index in [1.165, 1.54) is 11.3 Å². The number of nitrogens with two attached hydrogens (primary N) is 1. The van der Waals surface area contributed by atoms with Crippen LogP contribution in [0.4, 0.5) is 21.3 Å². The molecule has 94 valence electrons. The van der Waals surface area contributed by atoms with Gasteiger partial charge in [0.1, 0.15) is 0 Å². The first-order valence-electron chi connectivity index (χ1n) is 5.42. The van der Waals surface area contributed by atoms with E-state index < -0.39 is 0 Å². The van der Waals surface area contributed by atoms with E-state index in [1.54, 1.807) is 24.3 Å². The van der Waals surface area contributed by atoms with E-state index in [4.69, 9.17) is 5.73 Å². The summed E-state index contributed by atoms with van der Waals surface area (Å²) in [4.78, 5) is 17.0. The van der Waals surface area contributed by atoms with Crippen LogP contribution in [0.2, 0.25) is 0 Å². The van der Waals surface area contributed by atoms with Crippen molar-refractivity contribution in [2.75, 3.05) is 16.4 Å². The minimum Gasteiger partial charge on any atom is -0.399 e. The highest BCUT2D eigenvalue weighted by Gasteiger charge is 2.07. The Balaban J connectivity index is 2.01. The molecule has 5 nitrogen and oxygen atoms in total. The third-order valence-corrected chi connectivity index (χ3v) is 3.38. The lowest BCUT2D eigenvalue weighted by Gasteiger charge is -2.05. The van der Waals surface area contributed by atoms with Crippen LogP contribution in [0.3, 0.4) is 0 Å². The van der Waals surface area contributed by atoms with Crippen molar-refractivity contribution < 1.29 is 4.79 Å². The highest BCUT2D eigenvalue weighted by molar-refractivity contribution is 7.15. The second kappa shape index (κ2) is 5.05. The minimum atomic E-state index is -0.325. The first-order valence-corrected chi connectivity index (χ1v) is 6.24. The molecule has 2 aromatic rings. The number of nitrogen functional groups attached to an aromatic ring is 1. The molecule has 4 N–H and O–H groups in total. The standard InChI is InChI=1S/C12H14N4OS/c1-7-8(2)18-12(14-7)16-11(17)15-10-5-3-4-9(13)6-10/h3-6H,13H2,1-2H3,(H2,14,15,16,17). The summed E-state index contributed by atoms with van der Waals surface area (Å²) in [5, 5.41) is 5.97. The smallest absolute Gasteiger partial charge is 0.325 e. The molecule has 0 bridgehead atoms. The Morgan fingerprint density at radius 1 is 1.33 bits per heavy atom. The van der Waals surface area contributed by atoms with Crippen molar-refractivity contribution in [1.29, 1.82) is 0 Å². The zero-order valence-electron chi connectivity index (χ0n) is 10.2. The zero-order chi connectivity index (χ0) is 13.1. The molecule has 0 fully saturated rings. The average Bonchev–Trinajstić information content (AvgIpc) is 2.57. The fourth-order valence-electron chi connectivity index (χ4n) is 1.40. The van der Waals surface area contributed by atoms with Crippen LogP contribution in [0.25, 0.3) is 0 Å². The van der Waals surface area contributed by atoms with E-state index in [0.717, 1.165) is 10.6 Å². The van der Waals surface area contributed by atoms with E-state index in [-0.39, 0.29) is 6.03 Å². The van der Waals surface area contributed by atoms with Crippen LogP contribution >= 0.6 is 11.3 Å². The number of rotatable bonds is 2. The van der Waals surface area contributed by atoms with E-state index >= 15 is 0 Å². The van der Waals surface area contributed by atoms with Crippen molar-refractivity contribution in [3.05, 3.63) is 34.8 Å². The molecule has 0 atom stereocenters. The molecule has 2 amide bonds. The van der Waals surface area contributed by atoms with Crippen LogP contribution in [0.5, 0.6) is 0 Å². The molecule has 18 heavy (non-hydrogen) atoms. The third-order valence-electron chi connectivity index (χ3n) is 2.39. The predicted octanol–water partition coefficient (Wildman–Crippen LogP) is 2.99. The Kier molecular flexibility index (Phi) is 3.47. The summed E-state index contributed by atoms with van der Waals surface area (Å²) in [6.07, 6.45) is 0. The molecule has 0 spiro atoms. The zero-order valence-corrected chi connectivity index (χ0v) is 11.0. The fourth-order valence-corrected chi connectivity index (χ4v) is 2.21. The molecule has 1 aromatic carbocycles. The van der Waals surface area contributed by atoms with Gasteiger partial charge >= 0.3 is 6.03 Å². The van der Waals surface area contributed by atoms with Crippen LogP contribution in [-0.2, 0) is 0 Å². The summed E-state index contributed by atoms with van der Waals surface area (Å²) < 4.78 is 0. The summed E-state index contributed by atoms with van der Waals surface area (Å²) in [7, 11) is 0. The monoisotopic (exact) mass is 262 g/mol. The van der Waals surface area contributed by atoms with Crippen molar-refractivity contribution in [2.45, 2.75) is 13.8 Å². The molecule has 1 aromatic heterocycles. The lowest BCUT2D eigenvalue weighted by Crippen LogP contribution is -2.19. The van der Waals surface area contributed by atoms with Gasteiger partial charge in [0.2, 0.25) is 0 Å². The number of carbonyl (C=O) groups excluding carboxylic acids is 1. The van der Waals surface area contributed by atoms with E-state index in [1.807, 2.05) is 13.8 Å². The largest absolute Gasteiger partial charge is 0.399 e. The molecule has 0 aliphatic carbocycles. The van der Waals surface area contributed by atoms with Gasteiger partial charge in [0.25, 0.3) is 0 Å². The molecule has 6 heteroatoms. The Hall–Kier alpha value is -2.08. The van der Waals surface area contributed by atoms with Gasteiger partial charge in [-0.1, -0.05) is 6.07 Å². The van der Waals surface area contributed by atoms with Crippen LogP contribution in [-0.4, -0.2) is 11.0 Å². The van der Waals surface area contributed by atoms with Gasteiger partial charge in [-0.15, -0.1) is 11.3 Å². The van der Waals surface area contributed by atoms with Crippen molar-refractivity contribution >= 4 is 33.9 Å². The first kappa shape index (κ1) is 12.4. The van der Waals surface area contributed by atoms with Crippen molar-refractivity contribution in [3.8, 4) is 0 Å². The highest BCUT2D eigenvalue weighted by atomic mass is 32.1. The summed E-state index contributed by atoms with van der Waals surface area (Å²) in [6.45, 7) is 3.88. The van der Waals surface area contributed by atoms with Crippen molar-refractivity contribution in [2.24, 2.45) is 0 Å². The molecule has 1 heterocycles. The maximum absolute atomic E-state index is 11.7. The number of nitrogens with one attached hydrogen (secondary N) is 2. The van der Waals surface area contributed by atoms with Crippen LogP contribution in [0, 0.1) is 13.8 Å². The summed E-state index contributed by atoms with van der Waals surface area (Å²) in [5.41, 5.74) is 7.81. The topological polar surface area (TPSA) is 80.0 Å². The molecule has 0 aliphatic rings. The van der Waals surface area contributed by atoms with Gasteiger partial charge < -0.3 is 11.1 Å². The third kappa shape index (κ3) is 2.98. The predicted molar refractivity (Wildman–Crippen MR) is 75.1 cm³/mol. The number of urea groups is 1. The molecule has 0 saturated carbocycles. The van der Waals surface area contributed by atoms with Crippen LogP contribution < -0.4 is 16.4 Å².